The number of fused-ring (bicyclic) bond motifs is 1. The summed E-state index contributed by atoms with van der Waals surface area (Å²) in [5.74, 6) is 0.119. The fourth-order valence-electron chi connectivity index (χ4n) is 2.23. The third kappa shape index (κ3) is 3.02. The van der Waals surface area contributed by atoms with Gasteiger partial charge in [-0.15, -0.1) is 0 Å². The molecule has 1 atom stereocenters. The van der Waals surface area contributed by atoms with Crippen LogP contribution in [0.4, 0.5) is 0 Å². The molecule has 3 rings (SSSR count). The van der Waals surface area contributed by atoms with Gasteiger partial charge in [-0.2, -0.15) is 5.10 Å². The first-order chi connectivity index (χ1) is 10.6. The average molecular weight is 319 g/mol. The van der Waals surface area contributed by atoms with E-state index in [1.807, 2.05) is 25.3 Å². The van der Waals surface area contributed by atoms with Crippen molar-refractivity contribution in [3.05, 3.63) is 49.1 Å². The quantitative estimate of drug-likeness (QED) is 0.739. The summed E-state index contributed by atoms with van der Waals surface area (Å²) in [5.41, 5.74) is 0.604. The van der Waals surface area contributed by atoms with E-state index in [1.54, 1.807) is 33.6 Å². The van der Waals surface area contributed by atoms with Gasteiger partial charge >= 0.3 is 0 Å². The lowest BCUT2D eigenvalue weighted by molar-refractivity contribution is 0.443. The molecule has 0 aliphatic rings. The van der Waals surface area contributed by atoms with Crippen molar-refractivity contribution in [3.8, 4) is 0 Å². The summed E-state index contributed by atoms with van der Waals surface area (Å²) in [4.78, 5) is 4.10. The van der Waals surface area contributed by atoms with Gasteiger partial charge < -0.3 is 0 Å². The van der Waals surface area contributed by atoms with Crippen molar-refractivity contribution in [1.82, 2.24) is 23.9 Å². The van der Waals surface area contributed by atoms with Crippen LogP contribution in [0.15, 0.2) is 54.1 Å². The highest BCUT2D eigenvalue weighted by atomic mass is 32.2. The van der Waals surface area contributed by atoms with Crippen LogP contribution in [0.2, 0.25) is 0 Å². The highest BCUT2D eigenvalue weighted by molar-refractivity contribution is 7.89. The molecule has 0 aliphatic heterocycles. The van der Waals surface area contributed by atoms with Gasteiger partial charge in [-0.1, -0.05) is 13.0 Å². The molecule has 0 aliphatic carbocycles. The maximum Gasteiger partial charge on any atom is 0.258 e. The maximum absolute atomic E-state index is 12.4. The van der Waals surface area contributed by atoms with Crippen molar-refractivity contribution in [3.63, 3.8) is 0 Å². The molecule has 22 heavy (non-hydrogen) atoms. The van der Waals surface area contributed by atoms with Gasteiger partial charge in [0.05, 0.1) is 6.20 Å². The van der Waals surface area contributed by atoms with Crippen molar-refractivity contribution in [2.24, 2.45) is 5.92 Å². The zero-order chi connectivity index (χ0) is 15.6. The molecule has 116 valence electrons. The fourth-order valence-corrected chi connectivity index (χ4v) is 3.48. The molecule has 3 aromatic heterocycles. The summed E-state index contributed by atoms with van der Waals surface area (Å²) in [5, 5.41) is 4.26. The summed E-state index contributed by atoms with van der Waals surface area (Å²) in [7, 11) is -3.60. The van der Waals surface area contributed by atoms with Crippen LogP contribution in [0.5, 0.6) is 0 Å². The predicted octanol–water partition coefficient (Wildman–Crippen LogP) is 1.15. The van der Waals surface area contributed by atoms with E-state index in [-0.39, 0.29) is 10.9 Å². The molecule has 0 amide bonds. The molecule has 0 radical (unpaired) electrons. The van der Waals surface area contributed by atoms with Crippen LogP contribution in [-0.2, 0) is 16.6 Å². The van der Waals surface area contributed by atoms with Crippen LogP contribution in [0.25, 0.3) is 5.65 Å². The number of nitrogens with one attached hydrogen (secondary N) is 1. The molecule has 0 bridgehead atoms. The third-order valence-electron chi connectivity index (χ3n) is 3.34. The molecule has 7 nitrogen and oxygen atoms in total. The summed E-state index contributed by atoms with van der Waals surface area (Å²) < 4.78 is 30.8. The van der Waals surface area contributed by atoms with E-state index in [9.17, 15) is 8.42 Å². The van der Waals surface area contributed by atoms with Crippen molar-refractivity contribution >= 4 is 15.7 Å². The smallest absolute Gasteiger partial charge is 0.258 e. The summed E-state index contributed by atoms with van der Waals surface area (Å²) in [6, 6.07) is 7.20. The first kappa shape index (κ1) is 14.7. The monoisotopic (exact) mass is 319 g/mol. The number of hydrogen-bond donors (Lipinski definition) is 1. The second kappa shape index (κ2) is 5.90. The van der Waals surface area contributed by atoms with E-state index in [1.165, 1.54) is 6.20 Å². The van der Waals surface area contributed by atoms with E-state index >= 15 is 0 Å². The van der Waals surface area contributed by atoms with Gasteiger partial charge in [0, 0.05) is 31.7 Å². The van der Waals surface area contributed by atoms with Gasteiger partial charge in [-0.25, -0.2) is 18.1 Å². The molecule has 0 aromatic carbocycles. The normalized spacial score (nSPS) is 13.5. The first-order valence-corrected chi connectivity index (χ1v) is 8.44. The van der Waals surface area contributed by atoms with Crippen molar-refractivity contribution in [2.45, 2.75) is 18.5 Å². The third-order valence-corrected chi connectivity index (χ3v) is 4.74. The lowest BCUT2D eigenvalue weighted by Gasteiger charge is -2.13. The Balaban J connectivity index is 1.71. The van der Waals surface area contributed by atoms with Gasteiger partial charge in [0.25, 0.3) is 10.0 Å². The Labute approximate surface area is 128 Å². The maximum atomic E-state index is 12.4. The van der Waals surface area contributed by atoms with Crippen LogP contribution in [0, 0.1) is 5.92 Å². The Bertz CT molecular complexity index is 854. The molecular formula is C14H17N5O2S. The lowest BCUT2D eigenvalue weighted by atomic mass is 10.2. The molecule has 1 N–H and O–H groups in total. The second-order valence-corrected chi connectivity index (χ2v) is 6.92. The highest BCUT2D eigenvalue weighted by Gasteiger charge is 2.19. The molecule has 8 heteroatoms. The molecule has 0 saturated heterocycles. The molecule has 0 spiro atoms. The highest BCUT2D eigenvalue weighted by Crippen LogP contribution is 2.12. The second-order valence-electron chi connectivity index (χ2n) is 5.21. The minimum absolute atomic E-state index is 0.119. The largest absolute Gasteiger partial charge is 0.289 e. The number of pyridine rings is 1. The van der Waals surface area contributed by atoms with Crippen molar-refractivity contribution in [2.75, 3.05) is 6.54 Å². The van der Waals surface area contributed by atoms with E-state index in [4.69, 9.17) is 0 Å². The van der Waals surface area contributed by atoms with Gasteiger partial charge in [-0.05, 0) is 24.1 Å². The number of aromatic nitrogens is 4. The average Bonchev–Trinajstić information content (AvgIpc) is 3.14. The zero-order valence-corrected chi connectivity index (χ0v) is 12.9. The fraction of sp³-hybridized carbons (Fsp3) is 0.286. The van der Waals surface area contributed by atoms with Gasteiger partial charge in [-0.3, -0.25) is 9.08 Å². The number of imidazole rings is 1. The van der Waals surface area contributed by atoms with Crippen molar-refractivity contribution in [1.29, 1.82) is 0 Å². The molecule has 3 heterocycles. The van der Waals surface area contributed by atoms with Gasteiger partial charge in [0.1, 0.15) is 5.65 Å². The zero-order valence-electron chi connectivity index (χ0n) is 12.1. The topological polar surface area (TPSA) is 81.3 Å². The van der Waals surface area contributed by atoms with Crippen LogP contribution in [0.3, 0.4) is 0 Å². The standard InChI is InChI=1S/C14H17N5O2S/c1-12(11-18-7-4-6-16-18)9-17-22(20,21)14-10-15-13-5-2-3-8-19(13)14/h2-8,10,12,17H,9,11H2,1H3. The minimum Gasteiger partial charge on any atom is -0.289 e. The Morgan fingerprint density at radius 2 is 2.14 bits per heavy atom. The van der Waals surface area contributed by atoms with Crippen LogP contribution < -0.4 is 4.72 Å². The number of hydrogen-bond acceptors (Lipinski definition) is 4. The van der Waals surface area contributed by atoms with Crippen molar-refractivity contribution < 1.29 is 8.42 Å². The summed E-state index contributed by atoms with van der Waals surface area (Å²) in [6.45, 7) is 2.96. The minimum atomic E-state index is -3.60. The van der Waals surface area contributed by atoms with E-state index < -0.39 is 10.0 Å². The molecular weight excluding hydrogens is 302 g/mol. The Kier molecular flexibility index (Phi) is 3.95. The van der Waals surface area contributed by atoms with Crippen LogP contribution in [0.1, 0.15) is 6.92 Å². The molecule has 0 fully saturated rings. The predicted molar refractivity (Wildman–Crippen MR) is 81.8 cm³/mol. The van der Waals surface area contributed by atoms with E-state index in [0.717, 1.165) is 0 Å². The Morgan fingerprint density at radius 3 is 2.91 bits per heavy atom. The number of nitrogens with zero attached hydrogens (tertiary/aromatic N) is 4. The lowest BCUT2D eigenvalue weighted by Crippen LogP contribution is -2.30. The van der Waals surface area contributed by atoms with Gasteiger partial charge in [0.2, 0.25) is 0 Å². The van der Waals surface area contributed by atoms with Crippen LogP contribution in [-0.4, -0.2) is 34.1 Å². The van der Waals surface area contributed by atoms with E-state index in [0.29, 0.717) is 18.7 Å². The first-order valence-electron chi connectivity index (χ1n) is 6.95. The SMILES string of the molecule is CC(CNS(=O)(=O)c1cnc2ccccn12)Cn1cccn1. The molecule has 1 unspecified atom stereocenters. The van der Waals surface area contributed by atoms with Gasteiger partial charge in [0.15, 0.2) is 5.03 Å². The number of sulfonamides is 1. The Hall–Kier alpha value is -2.19. The van der Waals surface area contributed by atoms with Crippen LogP contribution >= 0.6 is 0 Å². The van der Waals surface area contributed by atoms with E-state index in [2.05, 4.69) is 14.8 Å². The summed E-state index contributed by atoms with van der Waals surface area (Å²) >= 11 is 0. The Morgan fingerprint density at radius 1 is 1.27 bits per heavy atom. The molecule has 0 saturated carbocycles. The molecule has 3 aromatic rings. The summed E-state index contributed by atoms with van der Waals surface area (Å²) in [6.07, 6.45) is 6.62. The number of rotatable bonds is 6.